The predicted octanol–water partition coefficient (Wildman–Crippen LogP) is 2.84. The fourth-order valence-electron chi connectivity index (χ4n) is 1.01. The van der Waals surface area contributed by atoms with Crippen molar-refractivity contribution < 1.29 is 49.7 Å². The first-order valence-electron chi connectivity index (χ1n) is 4.47. The van der Waals surface area contributed by atoms with Gasteiger partial charge in [0.05, 0.1) is 6.61 Å². The highest BCUT2D eigenvalue weighted by molar-refractivity contribution is 5.62. The summed E-state index contributed by atoms with van der Waals surface area (Å²) in [4.78, 5) is 10.5. The maximum atomic E-state index is 12.5. The van der Waals surface area contributed by atoms with Gasteiger partial charge in [-0.25, -0.2) is 9.18 Å². The van der Waals surface area contributed by atoms with E-state index in [2.05, 4.69) is 14.2 Å². The summed E-state index contributed by atoms with van der Waals surface area (Å²) in [6.07, 6.45) is -12.5. The van der Waals surface area contributed by atoms with Crippen molar-refractivity contribution in [1.29, 1.82) is 0 Å². The summed E-state index contributed by atoms with van der Waals surface area (Å²) < 4.78 is 96.6. The van der Waals surface area contributed by atoms with Gasteiger partial charge in [0.2, 0.25) is 5.83 Å². The van der Waals surface area contributed by atoms with E-state index in [4.69, 9.17) is 0 Å². The number of cyclic esters (lactones) is 2. The monoisotopic (exact) mass is 298 g/mol. The highest BCUT2D eigenvalue weighted by Crippen LogP contribution is 2.39. The van der Waals surface area contributed by atoms with Crippen LogP contribution in [0.15, 0.2) is 11.9 Å². The van der Waals surface area contributed by atoms with Gasteiger partial charge in [-0.3, -0.25) is 0 Å². The molecule has 1 atom stereocenters. The molecule has 0 amide bonds. The molecule has 0 aromatic heterocycles. The molecule has 110 valence electrons. The summed E-state index contributed by atoms with van der Waals surface area (Å²) in [6.45, 7) is -2.81. The minimum Gasteiger partial charge on any atom is -0.427 e. The summed E-state index contributed by atoms with van der Waals surface area (Å²) in [5.41, 5.74) is 0. The standard InChI is InChI=1S/C8H5F7O4/c9-4(7(10,11)12)1-2-18-6(8(13,14)15)3-17-5(16)19-6/h1H,2-3H2. The first kappa shape index (κ1) is 15.5. The Hall–Kier alpha value is -1.52. The number of alkyl halides is 6. The van der Waals surface area contributed by atoms with Crippen LogP contribution in [0.25, 0.3) is 0 Å². The molecule has 1 saturated heterocycles. The van der Waals surface area contributed by atoms with Gasteiger partial charge in [-0.15, -0.1) is 0 Å². The summed E-state index contributed by atoms with van der Waals surface area (Å²) >= 11 is 0. The minimum absolute atomic E-state index is 0.264. The van der Waals surface area contributed by atoms with Crippen LogP contribution in [0.3, 0.4) is 0 Å². The second-order valence-electron chi connectivity index (χ2n) is 3.25. The van der Waals surface area contributed by atoms with Gasteiger partial charge in [0.25, 0.3) is 0 Å². The quantitative estimate of drug-likeness (QED) is 0.593. The number of allylic oxidation sites excluding steroid dienone is 1. The Kier molecular flexibility index (Phi) is 3.98. The maximum absolute atomic E-state index is 12.5. The highest BCUT2D eigenvalue weighted by Gasteiger charge is 2.64. The molecule has 1 unspecified atom stereocenters. The lowest BCUT2D eigenvalue weighted by atomic mass is 10.3. The average molecular weight is 298 g/mol. The van der Waals surface area contributed by atoms with Gasteiger partial charge < -0.3 is 14.2 Å². The van der Waals surface area contributed by atoms with Crippen LogP contribution in [-0.4, -0.2) is 37.5 Å². The Morgan fingerprint density at radius 3 is 2.26 bits per heavy atom. The lowest BCUT2D eigenvalue weighted by molar-refractivity contribution is -0.346. The summed E-state index contributed by atoms with van der Waals surface area (Å²) in [5, 5.41) is 0. The Bertz CT molecular complexity index is 386. The van der Waals surface area contributed by atoms with Crippen LogP contribution in [0.4, 0.5) is 35.5 Å². The Morgan fingerprint density at radius 2 is 1.89 bits per heavy atom. The molecular weight excluding hydrogens is 293 g/mol. The molecule has 0 aromatic rings. The van der Waals surface area contributed by atoms with Crippen LogP contribution in [0.2, 0.25) is 0 Å². The number of carbonyl (C=O) groups excluding carboxylic acids is 1. The van der Waals surface area contributed by atoms with E-state index in [1.165, 1.54) is 0 Å². The van der Waals surface area contributed by atoms with E-state index in [0.717, 1.165) is 0 Å². The molecule has 0 bridgehead atoms. The molecule has 1 aliphatic heterocycles. The molecule has 0 N–H and O–H groups in total. The molecule has 19 heavy (non-hydrogen) atoms. The van der Waals surface area contributed by atoms with E-state index in [0.29, 0.717) is 0 Å². The maximum Gasteiger partial charge on any atom is 0.511 e. The zero-order valence-electron chi connectivity index (χ0n) is 8.77. The molecule has 1 aliphatic rings. The van der Waals surface area contributed by atoms with Crippen molar-refractivity contribution in [3.05, 3.63) is 11.9 Å². The fraction of sp³-hybridized carbons (Fsp3) is 0.625. The van der Waals surface area contributed by atoms with Crippen LogP contribution in [0.1, 0.15) is 0 Å². The molecule has 0 aliphatic carbocycles. The first-order valence-corrected chi connectivity index (χ1v) is 4.47. The van der Waals surface area contributed by atoms with Gasteiger partial charge in [-0.05, 0) is 6.08 Å². The molecule has 0 radical (unpaired) electrons. The number of ether oxygens (including phenoxy) is 3. The number of hydrogen-bond acceptors (Lipinski definition) is 4. The molecule has 1 fully saturated rings. The van der Waals surface area contributed by atoms with Crippen LogP contribution in [0.5, 0.6) is 0 Å². The SMILES string of the molecule is O=C1OCC(OCC=C(F)C(F)(F)F)(C(F)(F)F)O1. The van der Waals surface area contributed by atoms with E-state index in [-0.39, 0.29) is 6.08 Å². The van der Waals surface area contributed by atoms with Crippen molar-refractivity contribution in [2.24, 2.45) is 0 Å². The summed E-state index contributed by atoms with van der Waals surface area (Å²) in [5.74, 6) is -6.16. The van der Waals surface area contributed by atoms with Crippen molar-refractivity contribution >= 4 is 6.16 Å². The molecule has 11 heteroatoms. The van der Waals surface area contributed by atoms with Gasteiger partial charge in [-0.1, -0.05) is 0 Å². The van der Waals surface area contributed by atoms with Crippen molar-refractivity contribution in [3.63, 3.8) is 0 Å². The lowest BCUT2D eigenvalue weighted by Crippen LogP contribution is -2.50. The molecule has 1 rings (SSSR count). The van der Waals surface area contributed by atoms with Crippen molar-refractivity contribution in [2.75, 3.05) is 13.2 Å². The Morgan fingerprint density at radius 1 is 1.32 bits per heavy atom. The Labute approximate surface area is 100 Å². The van der Waals surface area contributed by atoms with Crippen molar-refractivity contribution in [2.45, 2.75) is 18.1 Å². The highest BCUT2D eigenvalue weighted by atomic mass is 19.4. The van der Waals surface area contributed by atoms with Crippen LogP contribution < -0.4 is 0 Å². The molecule has 4 nitrogen and oxygen atoms in total. The molecule has 0 saturated carbocycles. The average Bonchev–Trinajstić information content (AvgIpc) is 2.59. The zero-order chi connectivity index (χ0) is 14.9. The molecule has 1 heterocycles. The van der Waals surface area contributed by atoms with Crippen molar-refractivity contribution in [3.8, 4) is 0 Å². The molecule has 0 spiro atoms. The second kappa shape index (κ2) is 4.87. The van der Waals surface area contributed by atoms with Gasteiger partial charge >= 0.3 is 24.3 Å². The molecule has 0 aromatic carbocycles. The van der Waals surface area contributed by atoms with E-state index in [1.54, 1.807) is 0 Å². The molecular formula is C8H5F7O4. The third-order valence-electron chi connectivity index (χ3n) is 1.91. The smallest absolute Gasteiger partial charge is 0.427 e. The second-order valence-corrected chi connectivity index (χ2v) is 3.25. The van der Waals surface area contributed by atoms with Gasteiger partial charge in [0, 0.05) is 0 Å². The number of rotatable bonds is 3. The van der Waals surface area contributed by atoms with E-state index >= 15 is 0 Å². The zero-order valence-corrected chi connectivity index (χ0v) is 8.77. The minimum atomic E-state index is -5.34. The van der Waals surface area contributed by atoms with Gasteiger partial charge in [-0.2, -0.15) is 26.3 Å². The van der Waals surface area contributed by atoms with Crippen molar-refractivity contribution in [1.82, 2.24) is 0 Å². The summed E-state index contributed by atoms with van der Waals surface area (Å²) in [6, 6.07) is 0. The third-order valence-corrected chi connectivity index (χ3v) is 1.91. The largest absolute Gasteiger partial charge is 0.511 e. The first-order chi connectivity index (χ1) is 8.48. The topological polar surface area (TPSA) is 44.8 Å². The Balaban J connectivity index is 2.75. The van der Waals surface area contributed by atoms with Crippen LogP contribution in [-0.2, 0) is 14.2 Å². The van der Waals surface area contributed by atoms with Crippen LogP contribution in [0, 0.1) is 0 Å². The van der Waals surface area contributed by atoms with E-state index < -0.39 is 43.3 Å². The number of hydrogen-bond donors (Lipinski definition) is 0. The van der Waals surface area contributed by atoms with Gasteiger partial charge in [0.1, 0.15) is 0 Å². The number of carbonyl (C=O) groups is 1. The van der Waals surface area contributed by atoms with Gasteiger partial charge in [0.15, 0.2) is 6.61 Å². The summed E-state index contributed by atoms with van der Waals surface area (Å²) in [7, 11) is 0. The lowest BCUT2D eigenvalue weighted by Gasteiger charge is -2.26. The third kappa shape index (κ3) is 3.49. The van der Waals surface area contributed by atoms with E-state index in [1.807, 2.05) is 0 Å². The van der Waals surface area contributed by atoms with E-state index in [9.17, 15) is 35.5 Å². The predicted molar refractivity (Wildman–Crippen MR) is 42.4 cm³/mol. The fourth-order valence-corrected chi connectivity index (χ4v) is 1.01. The normalized spacial score (nSPS) is 25.2. The number of halogens is 7. The van der Waals surface area contributed by atoms with Crippen LogP contribution >= 0.6 is 0 Å².